The predicted molar refractivity (Wildman–Crippen MR) is 73.6 cm³/mol. The summed E-state index contributed by atoms with van der Waals surface area (Å²) in [6.45, 7) is 2.86. The Kier molecular flexibility index (Phi) is 4.28. The molecule has 2 aliphatic rings. The molecule has 0 amide bonds. The van der Waals surface area contributed by atoms with Gasteiger partial charge in [0, 0.05) is 6.61 Å². The second-order valence-corrected chi connectivity index (χ2v) is 5.01. The lowest BCUT2D eigenvalue weighted by molar-refractivity contribution is -0.168. The predicted octanol–water partition coefficient (Wildman–Crippen LogP) is 3.14. The maximum absolute atomic E-state index is 5.88. The van der Waals surface area contributed by atoms with Crippen LogP contribution in [0.4, 0.5) is 0 Å². The van der Waals surface area contributed by atoms with Crippen LogP contribution in [0.1, 0.15) is 30.4 Å². The molecule has 1 atom stereocenters. The Bertz CT molecular complexity index is 447. The quantitative estimate of drug-likeness (QED) is 0.832. The number of hydrogen-bond donors (Lipinski definition) is 0. The van der Waals surface area contributed by atoms with Crippen molar-refractivity contribution < 1.29 is 14.2 Å². The second kappa shape index (κ2) is 6.33. The van der Waals surface area contributed by atoms with E-state index in [4.69, 9.17) is 14.2 Å². The lowest BCUT2D eigenvalue weighted by Gasteiger charge is -2.23. The topological polar surface area (TPSA) is 27.7 Å². The highest BCUT2D eigenvalue weighted by Crippen LogP contribution is 2.24. The van der Waals surface area contributed by atoms with Gasteiger partial charge >= 0.3 is 0 Å². The molecule has 0 spiro atoms. The molecule has 3 heteroatoms. The summed E-state index contributed by atoms with van der Waals surface area (Å²) in [5.74, 6) is 0. The molecule has 0 saturated carbocycles. The van der Waals surface area contributed by atoms with Crippen molar-refractivity contribution in [1.29, 1.82) is 0 Å². The van der Waals surface area contributed by atoms with Crippen LogP contribution < -0.4 is 0 Å². The third-order valence-corrected chi connectivity index (χ3v) is 3.63. The van der Waals surface area contributed by atoms with Crippen LogP contribution in [-0.2, 0) is 20.8 Å². The number of ether oxygens (including phenoxy) is 3. The Morgan fingerprint density at radius 1 is 1.21 bits per heavy atom. The van der Waals surface area contributed by atoms with Gasteiger partial charge in [0.2, 0.25) is 0 Å². The molecule has 1 saturated heterocycles. The minimum Gasteiger partial charge on any atom is -0.373 e. The summed E-state index contributed by atoms with van der Waals surface area (Å²) in [5.41, 5.74) is 3.73. The molecule has 0 aliphatic carbocycles. The Hall–Kier alpha value is -1.16. The van der Waals surface area contributed by atoms with Crippen LogP contribution in [0, 0.1) is 0 Å². The molecule has 3 rings (SSSR count). The van der Waals surface area contributed by atoms with Crippen LogP contribution in [-0.4, -0.2) is 26.1 Å². The minimum absolute atomic E-state index is 0.0318. The maximum Gasteiger partial charge on any atom is 0.158 e. The molecule has 2 aliphatic heterocycles. The molecule has 0 aromatic heterocycles. The highest BCUT2D eigenvalue weighted by Gasteiger charge is 2.16. The highest BCUT2D eigenvalue weighted by atomic mass is 16.7. The summed E-state index contributed by atoms with van der Waals surface area (Å²) in [7, 11) is 0. The fourth-order valence-electron chi connectivity index (χ4n) is 2.56. The largest absolute Gasteiger partial charge is 0.373 e. The normalized spacial score (nSPS) is 23.4. The van der Waals surface area contributed by atoms with Crippen LogP contribution in [0.15, 0.2) is 30.3 Å². The van der Waals surface area contributed by atoms with Gasteiger partial charge in [0.15, 0.2) is 6.29 Å². The van der Waals surface area contributed by atoms with E-state index in [1.54, 1.807) is 0 Å². The minimum atomic E-state index is -0.0318. The first kappa shape index (κ1) is 12.9. The van der Waals surface area contributed by atoms with Gasteiger partial charge in [-0.3, -0.25) is 0 Å². The van der Waals surface area contributed by atoms with E-state index in [1.165, 1.54) is 23.1 Å². The molecule has 1 aromatic rings. The van der Waals surface area contributed by atoms with Crippen molar-refractivity contribution in [2.75, 3.05) is 19.8 Å². The van der Waals surface area contributed by atoms with Gasteiger partial charge in [0.1, 0.15) is 0 Å². The van der Waals surface area contributed by atoms with Gasteiger partial charge in [-0.15, -0.1) is 0 Å². The van der Waals surface area contributed by atoms with E-state index in [-0.39, 0.29) is 6.29 Å². The molecule has 19 heavy (non-hydrogen) atoms. The summed E-state index contributed by atoms with van der Waals surface area (Å²) in [6, 6.07) is 8.38. The van der Waals surface area contributed by atoms with Gasteiger partial charge in [-0.1, -0.05) is 30.3 Å². The monoisotopic (exact) mass is 260 g/mol. The first-order chi connectivity index (χ1) is 9.43. The van der Waals surface area contributed by atoms with Gasteiger partial charge < -0.3 is 14.2 Å². The van der Waals surface area contributed by atoms with Crippen molar-refractivity contribution in [2.24, 2.45) is 0 Å². The number of rotatable bonds is 4. The first-order valence-electron chi connectivity index (χ1n) is 7.02. The van der Waals surface area contributed by atoms with E-state index in [0.717, 1.165) is 26.1 Å². The molecule has 0 radical (unpaired) electrons. The number of hydrogen-bond acceptors (Lipinski definition) is 3. The van der Waals surface area contributed by atoms with Crippen molar-refractivity contribution in [3.8, 4) is 0 Å². The van der Waals surface area contributed by atoms with E-state index in [1.807, 2.05) is 0 Å². The highest BCUT2D eigenvalue weighted by molar-refractivity contribution is 5.70. The van der Waals surface area contributed by atoms with Crippen molar-refractivity contribution in [3.63, 3.8) is 0 Å². The van der Waals surface area contributed by atoms with Crippen molar-refractivity contribution in [2.45, 2.75) is 32.2 Å². The molecule has 102 valence electrons. The Labute approximate surface area is 114 Å². The van der Waals surface area contributed by atoms with Gasteiger partial charge in [-0.2, -0.15) is 0 Å². The zero-order valence-corrected chi connectivity index (χ0v) is 11.1. The molecule has 1 aromatic carbocycles. The average Bonchev–Trinajstić information content (AvgIpc) is 3.01. The van der Waals surface area contributed by atoms with Gasteiger partial charge in [-0.05, 0) is 36.0 Å². The Balaban J connectivity index is 1.66. The third-order valence-electron chi connectivity index (χ3n) is 3.63. The van der Waals surface area contributed by atoms with Crippen molar-refractivity contribution >= 4 is 5.57 Å². The molecule has 0 bridgehead atoms. The van der Waals surface area contributed by atoms with E-state index < -0.39 is 0 Å². The summed E-state index contributed by atoms with van der Waals surface area (Å²) in [5, 5.41) is 0. The molecule has 1 fully saturated rings. The molecule has 3 nitrogen and oxygen atoms in total. The van der Waals surface area contributed by atoms with E-state index in [0.29, 0.717) is 13.2 Å². The van der Waals surface area contributed by atoms with Crippen LogP contribution in [0.25, 0.3) is 5.57 Å². The summed E-state index contributed by atoms with van der Waals surface area (Å²) in [4.78, 5) is 0. The van der Waals surface area contributed by atoms with Crippen LogP contribution >= 0.6 is 0 Å². The summed E-state index contributed by atoms with van der Waals surface area (Å²) < 4.78 is 16.9. The summed E-state index contributed by atoms with van der Waals surface area (Å²) in [6.07, 6.45) is 5.48. The molecule has 1 unspecified atom stereocenters. The maximum atomic E-state index is 5.88. The summed E-state index contributed by atoms with van der Waals surface area (Å²) >= 11 is 0. The molecule has 0 N–H and O–H groups in total. The molecule has 2 heterocycles. The van der Waals surface area contributed by atoms with Crippen molar-refractivity contribution in [1.82, 2.24) is 0 Å². The standard InChI is InChI=1S/C16H20O3/c1-2-6-15(14-8-10-17-11-14)13(5-1)12-19-16-7-3-4-9-18-16/h1-2,5-6,8,16H,3-4,7,9-12H2. The van der Waals surface area contributed by atoms with Gasteiger partial charge in [0.05, 0.1) is 19.8 Å². The fraction of sp³-hybridized carbons (Fsp3) is 0.500. The lowest BCUT2D eigenvalue weighted by atomic mass is 10.0. The average molecular weight is 260 g/mol. The van der Waals surface area contributed by atoms with Crippen LogP contribution in [0.5, 0.6) is 0 Å². The first-order valence-corrected chi connectivity index (χ1v) is 7.02. The zero-order chi connectivity index (χ0) is 12.9. The van der Waals surface area contributed by atoms with E-state index in [9.17, 15) is 0 Å². The van der Waals surface area contributed by atoms with Gasteiger partial charge in [-0.25, -0.2) is 0 Å². The molecular weight excluding hydrogens is 240 g/mol. The van der Waals surface area contributed by atoms with E-state index >= 15 is 0 Å². The van der Waals surface area contributed by atoms with Crippen LogP contribution in [0.2, 0.25) is 0 Å². The fourth-order valence-corrected chi connectivity index (χ4v) is 2.56. The zero-order valence-electron chi connectivity index (χ0n) is 11.1. The SMILES string of the molecule is C1=C(c2ccccc2COC2CCCCO2)COC1. The number of benzene rings is 1. The Morgan fingerprint density at radius 2 is 2.16 bits per heavy atom. The Morgan fingerprint density at radius 3 is 2.95 bits per heavy atom. The third kappa shape index (κ3) is 3.24. The van der Waals surface area contributed by atoms with Crippen molar-refractivity contribution in [3.05, 3.63) is 41.5 Å². The smallest absolute Gasteiger partial charge is 0.158 e. The van der Waals surface area contributed by atoms with E-state index in [2.05, 4.69) is 30.3 Å². The molecular formula is C16H20O3. The van der Waals surface area contributed by atoms with Crippen LogP contribution in [0.3, 0.4) is 0 Å². The second-order valence-electron chi connectivity index (χ2n) is 5.01. The lowest BCUT2D eigenvalue weighted by Crippen LogP contribution is -2.22. The van der Waals surface area contributed by atoms with Gasteiger partial charge in [0.25, 0.3) is 0 Å².